The summed E-state index contributed by atoms with van der Waals surface area (Å²) < 4.78 is 41.0. The molecular weight excluding hydrogens is 468 g/mol. The first kappa shape index (κ1) is 24.8. The molecule has 0 bridgehead atoms. The minimum atomic E-state index is -1.10. The van der Waals surface area contributed by atoms with E-state index in [1.165, 1.54) is 4.57 Å². The highest BCUT2D eigenvalue weighted by atomic mass is 19.2. The third-order valence-corrected chi connectivity index (χ3v) is 5.86. The number of nitrogens with two attached hydrogens (primary N) is 1. The maximum atomic E-state index is 14.1. The smallest absolute Gasteiger partial charge is 0.266 e. The van der Waals surface area contributed by atoms with E-state index >= 15 is 0 Å². The maximum absolute atomic E-state index is 14.1. The monoisotopic (exact) mass is 493 g/mol. The Morgan fingerprint density at radius 3 is 2.56 bits per heavy atom. The number of imidazole rings is 1. The number of nitrogens with zero attached hydrogens (tertiary/aromatic N) is 2. The summed E-state index contributed by atoms with van der Waals surface area (Å²) in [6.45, 7) is 0. The number of amides is 1. The van der Waals surface area contributed by atoms with E-state index in [4.69, 9.17) is 26.0 Å². The molecule has 10 heteroatoms. The van der Waals surface area contributed by atoms with Crippen LogP contribution in [0.25, 0.3) is 23.2 Å². The lowest BCUT2D eigenvalue weighted by atomic mass is 10.1. The molecular formula is C26H25F2N5O3. The molecule has 1 aliphatic carbocycles. The van der Waals surface area contributed by atoms with Crippen LogP contribution in [0, 0.1) is 22.5 Å². The standard InChI is InChI=1S/C26H25F2N5O3/c1-35-22-8-4-5-15(25(22)36-16-6-2-3-7-16)9-12-24-32-20-13-17(27)18(28)14-21(20)33(24)23(30)11-10-19(29)26(31)34/h4-5,8-14,16,29-30H,2-3,6-7H2,1H3,(H2,31,34). The summed E-state index contributed by atoms with van der Waals surface area (Å²) >= 11 is 0. The maximum Gasteiger partial charge on any atom is 0.266 e. The minimum Gasteiger partial charge on any atom is -0.493 e. The summed E-state index contributed by atoms with van der Waals surface area (Å²) in [7, 11) is 1.56. The van der Waals surface area contributed by atoms with Crippen molar-refractivity contribution in [3.63, 3.8) is 0 Å². The van der Waals surface area contributed by atoms with Gasteiger partial charge in [-0.05, 0) is 56.1 Å². The van der Waals surface area contributed by atoms with Gasteiger partial charge < -0.3 is 15.2 Å². The van der Waals surface area contributed by atoms with Crippen LogP contribution >= 0.6 is 0 Å². The third kappa shape index (κ3) is 5.17. The number of benzene rings is 2. The first-order chi connectivity index (χ1) is 17.3. The molecule has 3 aromatic rings. The fraction of sp³-hybridized carbons (Fsp3) is 0.231. The molecule has 36 heavy (non-hydrogen) atoms. The first-order valence-corrected chi connectivity index (χ1v) is 11.3. The van der Waals surface area contributed by atoms with Crippen LogP contribution < -0.4 is 15.2 Å². The normalized spacial score (nSPS) is 14.2. The van der Waals surface area contributed by atoms with E-state index in [1.807, 2.05) is 12.1 Å². The van der Waals surface area contributed by atoms with Crippen molar-refractivity contribution in [2.24, 2.45) is 5.73 Å². The first-order valence-electron chi connectivity index (χ1n) is 11.3. The second-order valence-corrected chi connectivity index (χ2v) is 8.29. The molecule has 186 valence electrons. The molecule has 0 spiro atoms. The van der Waals surface area contributed by atoms with Gasteiger partial charge in [-0.3, -0.25) is 20.2 Å². The summed E-state index contributed by atoms with van der Waals surface area (Å²) in [5.74, 6) is -2.01. The Morgan fingerprint density at radius 2 is 1.86 bits per heavy atom. The number of allylic oxidation sites excluding steroid dienone is 1. The second kappa shape index (κ2) is 10.5. The zero-order chi connectivity index (χ0) is 25.8. The van der Waals surface area contributed by atoms with Crippen molar-refractivity contribution in [1.29, 1.82) is 10.8 Å². The van der Waals surface area contributed by atoms with Crippen molar-refractivity contribution in [2.75, 3.05) is 7.11 Å². The van der Waals surface area contributed by atoms with Crippen molar-refractivity contribution in [3.8, 4) is 11.5 Å². The third-order valence-electron chi connectivity index (χ3n) is 5.86. The van der Waals surface area contributed by atoms with E-state index in [9.17, 15) is 13.6 Å². The van der Waals surface area contributed by atoms with Crippen LogP contribution in [0.5, 0.6) is 11.5 Å². The highest BCUT2D eigenvalue weighted by molar-refractivity contribution is 6.42. The van der Waals surface area contributed by atoms with Crippen molar-refractivity contribution in [2.45, 2.75) is 31.8 Å². The van der Waals surface area contributed by atoms with Crippen molar-refractivity contribution in [1.82, 2.24) is 9.55 Å². The molecule has 0 saturated heterocycles. The molecule has 1 aliphatic rings. The number of carbonyl (C=O) groups is 1. The summed E-state index contributed by atoms with van der Waals surface area (Å²) in [6.07, 6.45) is 9.73. The Labute approximate surface area is 206 Å². The van der Waals surface area contributed by atoms with Gasteiger partial charge in [-0.1, -0.05) is 12.1 Å². The SMILES string of the molecule is COc1cccc(C=Cc2nc3cc(F)c(F)cc3n2C(=N)C=CC(=N)C(N)=O)c1OC1CCCC1. The van der Waals surface area contributed by atoms with Gasteiger partial charge in [-0.15, -0.1) is 0 Å². The van der Waals surface area contributed by atoms with Crippen molar-refractivity contribution < 1.29 is 23.0 Å². The van der Waals surface area contributed by atoms with Crippen LogP contribution in [0.1, 0.15) is 37.1 Å². The van der Waals surface area contributed by atoms with Crippen LogP contribution in [0.4, 0.5) is 8.78 Å². The van der Waals surface area contributed by atoms with Gasteiger partial charge in [-0.2, -0.15) is 0 Å². The fourth-order valence-corrected chi connectivity index (χ4v) is 4.06. The van der Waals surface area contributed by atoms with Crippen LogP contribution in [0.15, 0.2) is 42.5 Å². The van der Waals surface area contributed by atoms with Gasteiger partial charge in [0.25, 0.3) is 5.91 Å². The zero-order valence-corrected chi connectivity index (χ0v) is 19.6. The molecule has 4 N–H and O–H groups in total. The Hall–Kier alpha value is -4.34. The van der Waals surface area contributed by atoms with E-state index in [2.05, 4.69) is 4.98 Å². The molecule has 1 amide bonds. The second-order valence-electron chi connectivity index (χ2n) is 8.29. The summed E-state index contributed by atoms with van der Waals surface area (Å²) in [6, 6.07) is 7.34. The van der Waals surface area contributed by atoms with Crippen LogP contribution in [0.3, 0.4) is 0 Å². The van der Waals surface area contributed by atoms with Gasteiger partial charge in [0, 0.05) is 17.7 Å². The van der Waals surface area contributed by atoms with E-state index < -0.39 is 23.3 Å². The molecule has 0 radical (unpaired) electrons. The Kier molecular flexibility index (Phi) is 7.23. The topological polar surface area (TPSA) is 127 Å². The highest BCUT2D eigenvalue weighted by Gasteiger charge is 2.20. The number of fused-ring (bicyclic) bond motifs is 1. The lowest BCUT2D eigenvalue weighted by molar-refractivity contribution is -0.111. The van der Waals surface area contributed by atoms with Crippen molar-refractivity contribution >= 4 is 40.6 Å². The van der Waals surface area contributed by atoms with Crippen LogP contribution in [-0.2, 0) is 4.79 Å². The van der Waals surface area contributed by atoms with Gasteiger partial charge in [-0.25, -0.2) is 13.8 Å². The van der Waals surface area contributed by atoms with E-state index in [-0.39, 0.29) is 28.8 Å². The Morgan fingerprint density at radius 1 is 1.14 bits per heavy atom. The van der Waals surface area contributed by atoms with Gasteiger partial charge in [0.05, 0.1) is 24.2 Å². The van der Waals surface area contributed by atoms with Gasteiger partial charge in [0.1, 0.15) is 17.4 Å². The van der Waals surface area contributed by atoms with E-state index in [0.29, 0.717) is 17.1 Å². The molecule has 4 rings (SSSR count). The molecule has 1 fully saturated rings. The van der Waals surface area contributed by atoms with E-state index in [1.54, 1.807) is 25.3 Å². The molecule has 1 heterocycles. The van der Waals surface area contributed by atoms with Crippen LogP contribution in [0.2, 0.25) is 0 Å². The summed E-state index contributed by atoms with van der Waals surface area (Å²) in [4.78, 5) is 15.5. The summed E-state index contributed by atoms with van der Waals surface area (Å²) in [5, 5.41) is 16.0. The number of ether oxygens (including phenoxy) is 2. The molecule has 0 aliphatic heterocycles. The van der Waals surface area contributed by atoms with E-state index in [0.717, 1.165) is 50.0 Å². The molecule has 1 aromatic heterocycles. The minimum absolute atomic E-state index is 0.0860. The fourth-order valence-electron chi connectivity index (χ4n) is 4.06. The largest absolute Gasteiger partial charge is 0.493 e. The predicted octanol–water partition coefficient (Wildman–Crippen LogP) is 4.70. The average molecular weight is 494 g/mol. The summed E-state index contributed by atoms with van der Waals surface area (Å²) in [5.41, 5.74) is 5.54. The predicted molar refractivity (Wildman–Crippen MR) is 134 cm³/mol. The quantitative estimate of drug-likeness (QED) is 0.310. The number of halogens is 2. The van der Waals surface area contributed by atoms with Crippen molar-refractivity contribution in [3.05, 3.63) is 65.5 Å². The molecule has 2 aromatic carbocycles. The van der Waals surface area contributed by atoms with Gasteiger partial charge in [0.2, 0.25) is 0 Å². The number of rotatable bonds is 8. The molecule has 0 atom stereocenters. The van der Waals surface area contributed by atoms with Gasteiger partial charge in [0.15, 0.2) is 23.1 Å². The van der Waals surface area contributed by atoms with Gasteiger partial charge >= 0.3 is 0 Å². The number of primary amides is 1. The molecule has 0 unspecified atom stereocenters. The number of hydrogen-bond donors (Lipinski definition) is 3. The zero-order valence-electron chi connectivity index (χ0n) is 19.6. The number of hydrogen-bond acceptors (Lipinski definition) is 6. The number of carbonyl (C=O) groups excluding carboxylic acids is 1. The number of aromatic nitrogens is 2. The lowest BCUT2D eigenvalue weighted by Gasteiger charge is -2.18. The highest BCUT2D eigenvalue weighted by Crippen LogP contribution is 2.36. The molecule has 8 nitrogen and oxygen atoms in total. The Bertz CT molecular complexity index is 1400. The van der Waals surface area contributed by atoms with Crippen LogP contribution in [-0.4, -0.2) is 40.2 Å². The number of nitrogens with one attached hydrogen (secondary N) is 2. The number of para-hydroxylation sites is 1. The lowest BCUT2D eigenvalue weighted by Crippen LogP contribution is -2.20. The molecule has 1 saturated carbocycles. The number of methoxy groups -OCH3 is 1. The Balaban J connectivity index is 1.77. The average Bonchev–Trinajstić information content (AvgIpc) is 3.49.